The molecule has 0 aliphatic heterocycles. The Morgan fingerprint density at radius 1 is 0.400 bits per heavy atom. The third-order valence-corrected chi connectivity index (χ3v) is 10.1. The zero-order chi connectivity index (χ0) is 32.8. The fourth-order valence-corrected chi connectivity index (χ4v) is 8.00. The molecule has 0 bridgehead atoms. The summed E-state index contributed by atoms with van der Waals surface area (Å²) >= 11 is 0. The number of benzene rings is 8. The van der Waals surface area contributed by atoms with Crippen molar-refractivity contribution in [3.05, 3.63) is 170 Å². The highest BCUT2D eigenvalue weighted by Gasteiger charge is 2.27. The molecule has 4 heteroatoms. The Morgan fingerprint density at radius 2 is 1.04 bits per heavy atom. The summed E-state index contributed by atoms with van der Waals surface area (Å²) in [7, 11) is 0. The lowest BCUT2D eigenvalue weighted by atomic mass is 10.0. The number of anilines is 3. The van der Waals surface area contributed by atoms with E-state index in [-0.39, 0.29) is 0 Å². The van der Waals surface area contributed by atoms with Crippen LogP contribution in [0.15, 0.2) is 179 Å². The van der Waals surface area contributed by atoms with Crippen LogP contribution < -0.4 is 4.90 Å². The highest BCUT2D eigenvalue weighted by atomic mass is 16.3. The SMILES string of the molecule is c1ccc(-n2c3ccccc3c3cccc(N(c4cccc5c4oc4ccccc45)c4cccc5oc6cc7ccccc7cc6c45)c32)cc1. The first-order chi connectivity index (χ1) is 24.8. The fraction of sp³-hybridized carbons (Fsp3) is 0. The van der Waals surface area contributed by atoms with Crippen LogP contribution in [0.1, 0.15) is 0 Å². The van der Waals surface area contributed by atoms with Crippen LogP contribution in [0.3, 0.4) is 0 Å². The quantitative estimate of drug-likeness (QED) is 0.192. The third-order valence-electron chi connectivity index (χ3n) is 10.1. The van der Waals surface area contributed by atoms with Gasteiger partial charge >= 0.3 is 0 Å². The molecule has 3 heterocycles. The van der Waals surface area contributed by atoms with Crippen LogP contribution in [0, 0.1) is 0 Å². The predicted molar refractivity (Wildman–Crippen MR) is 208 cm³/mol. The first-order valence-electron chi connectivity index (χ1n) is 16.9. The Morgan fingerprint density at radius 3 is 1.92 bits per heavy atom. The molecule has 0 N–H and O–H groups in total. The molecular formula is C46H28N2O2. The maximum Gasteiger partial charge on any atom is 0.159 e. The number of aromatic nitrogens is 1. The van der Waals surface area contributed by atoms with Crippen molar-refractivity contribution in [2.75, 3.05) is 4.90 Å². The molecule has 0 radical (unpaired) electrons. The molecule has 0 aliphatic rings. The van der Waals surface area contributed by atoms with Crippen LogP contribution >= 0.6 is 0 Å². The monoisotopic (exact) mass is 640 g/mol. The van der Waals surface area contributed by atoms with E-state index in [4.69, 9.17) is 8.83 Å². The maximum absolute atomic E-state index is 6.76. The molecule has 3 aromatic heterocycles. The summed E-state index contributed by atoms with van der Waals surface area (Å²) < 4.78 is 15.8. The lowest BCUT2D eigenvalue weighted by Crippen LogP contribution is -2.12. The van der Waals surface area contributed by atoms with Crippen molar-refractivity contribution in [1.29, 1.82) is 0 Å². The van der Waals surface area contributed by atoms with Crippen LogP contribution in [0.4, 0.5) is 17.1 Å². The Balaban J connectivity index is 1.32. The van der Waals surface area contributed by atoms with E-state index in [1.54, 1.807) is 0 Å². The molecule has 11 rings (SSSR count). The standard InChI is InChI=1S/C46H28N2O2/c1-2-15-31(16-3-1)47-37-21-8-6-17-32(37)34-19-10-23-39(45(34)47)48(40-24-11-20-35-33-18-7-9-25-41(33)50-46(35)40)38-22-12-26-42-44(38)36-27-29-13-4-5-14-30(29)28-43(36)49-42/h1-28H. The predicted octanol–water partition coefficient (Wildman–Crippen LogP) is 13.2. The molecule has 0 saturated carbocycles. The number of hydrogen-bond acceptors (Lipinski definition) is 3. The molecule has 0 aliphatic carbocycles. The molecule has 0 fully saturated rings. The molecule has 0 atom stereocenters. The van der Waals surface area contributed by atoms with Crippen molar-refractivity contribution in [3.8, 4) is 5.69 Å². The van der Waals surface area contributed by atoms with Crippen molar-refractivity contribution >= 4 is 93.5 Å². The summed E-state index contributed by atoms with van der Waals surface area (Å²) in [4.78, 5) is 2.39. The highest BCUT2D eigenvalue weighted by molar-refractivity contribution is 6.21. The molecule has 50 heavy (non-hydrogen) atoms. The number of hydrogen-bond donors (Lipinski definition) is 0. The first kappa shape index (κ1) is 27.2. The number of para-hydroxylation sites is 5. The minimum absolute atomic E-state index is 0.836. The first-order valence-corrected chi connectivity index (χ1v) is 16.9. The summed E-state index contributed by atoms with van der Waals surface area (Å²) in [6.45, 7) is 0. The van der Waals surface area contributed by atoms with Gasteiger partial charge in [0.2, 0.25) is 0 Å². The molecule has 0 unspecified atom stereocenters. The summed E-state index contributed by atoms with van der Waals surface area (Å²) in [6, 6.07) is 60.0. The van der Waals surface area contributed by atoms with Crippen LogP contribution in [0.25, 0.3) is 82.1 Å². The van der Waals surface area contributed by atoms with Crippen molar-refractivity contribution in [2.24, 2.45) is 0 Å². The average molecular weight is 641 g/mol. The van der Waals surface area contributed by atoms with Gasteiger partial charge in [0.05, 0.1) is 33.5 Å². The van der Waals surface area contributed by atoms with Crippen LogP contribution in [-0.2, 0) is 0 Å². The van der Waals surface area contributed by atoms with E-state index in [1.165, 1.54) is 16.2 Å². The molecule has 234 valence electrons. The van der Waals surface area contributed by atoms with E-state index >= 15 is 0 Å². The van der Waals surface area contributed by atoms with E-state index in [0.29, 0.717) is 0 Å². The van der Waals surface area contributed by atoms with Gasteiger partial charge in [0, 0.05) is 32.6 Å². The molecule has 11 aromatic rings. The van der Waals surface area contributed by atoms with Gasteiger partial charge in [-0.3, -0.25) is 0 Å². The Kier molecular flexibility index (Phi) is 5.63. The zero-order valence-electron chi connectivity index (χ0n) is 26.9. The van der Waals surface area contributed by atoms with Gasteiger partial charge in [-0.2, -0.15) is 0 Å². The molecule has 0 saturated heterocycles. The molecular weight excluding hydrogens is 613 g/mol. The normalized spacial score (nSPS) is 12.0. The number of nitrogens with zero attached hydrogens (tertiary/aromatic N) is 2. The second kappa shape index (κ2) is 10.4. The van der Waals surface area contributed by atoms with E-state index in [0.717, 1.165) is 83.0 Å². The number of fused-ring (bicyclic) bond motifs is 10. The van der Waals surface area contributed by atoms with Crippen molar-refractivity contribution in [1.82, 2.24) is 4.57 Å². The average Bonchev–Trinajstić information content (AvgIpc) is 3.85. The van der Waals surface area contributed by atoms with Crippen molar-refractivity contribution in [3.63, 3.8) is 0 Å². The number of furan rings is 2. The van der Waals surface area contributed by atoms with Gasteiger partial charge in [-0.05, 0) is 71.4 Å². The van der Waals surface area contributed by atoms with Crippen molar-refractivity contribution < 1.29 is 8.83 Å². The smallest absolute Gasteiger partial charge is 0.159 e. The highest BCUT2D eigenvalue weighted by Crippen LogP contribution is 2.49. The molecule has 0 amide bonds. The summed E-state index contributed by atoms with van der Waals surface area (Å²) in [5.74, 6) is 0. The van der Waals surface area contributed by atoms with Gasteiger partial charge < -0.3 is 18.3 Å². The fourth-order valence-electron chi connectivity index (χ4n) is 8.00. The molecule has 0 spiro atoms. The summed E-state index contributed by atoms with van der Waals surface area (Å²) in [5, 5.41) is 9.02. The largest absolute Gasteiger partial charge is 0.456 e. The molecule has 4 nitrogen and oxygen atoms in total. The lowest BCUT2D eigenvalue weighted by molar-refractivity contribution is 0.668. The lowest BCUT2D eigenvalue weighted by Gasteiger charge is -2.27. The van der Waals surface area contributed by atoms with Gasteiger partial charge in [0.1, 0.15) is 16.7 Å². The van der Waals surface area contributed by atoms with Gasteiger partial charge in [-0.15, -0.1) is 0 Å². The number of rotatable bonds is 4. The second-order valence-corrected chi connectivity index (χ2v) is 12.9. The third kappa shape index (κ3) is 3.81. The van der Waals surface area contributed by atoms with E-state index in [2.05, 4.69) is 167 Å². The molecule has 8 aromatic carbocycles. The van der Waals surface area contributed by atoms with Crippen LogP contribution in [0.5, 0.6) is 0 Å². The topological polar surface area (TPSA) is 34.5 Å². The van der Waals surface area contributed by atoms with Gasteiger partial charge in [-0.25, -0.2) is 0 Å². The summed E-state index contributed by atoms with van der Waals surface area (Å²) in [5.41, 5.74) is 9.79. The van der Waals surface area contributed by atoms with Gasteiger partial charge in [-0.1, -0.05) is 109 Å². The van der Waals surface area contributed by atoms with Crippen LogP contribution in [0.2, 0.25) is 0 Å². The zero-order valence-corrected chi connectivity index (χ0v) is 26.9. The van der Waals surface area contributed by atoms with Crippen LogP contribution in [-0.4, -0.2) is 4.57 Å². The maximum atomic E-state index is 6.76. The second-order valence-electron chi connectivity index (χ2n) is 12.9. The Bertz CT molecular complexity index is 3110. The Hall–Kier alpha value is -6.78. The van der Waals surface area contributed by atoms with E-state index < -0.39 is 0 Å². The van der Waals surface area contributed by atoms with E-state index in [1.807, 2.05) is 12.1 Å². The minimum atomic E-state index is 0.836. The Labute approximate surface area is 286 Å². The van der Waals surface area contributed by atoms with Gasteiger partial charge in [0.25, 0.3) is 0 Å². The van der Waals surface area contributed by atoms with E-state index in [9.17, 15) is 0 Å². The summed E-state index contributed by atoms with van der Waals surface area (Å²) in [6.07, 6.45) is 0. The minimum Gasteiger partial charge on any atom is -0.456 e. The van der Waals surface area contributed by atoms with Gasteiger partial charge in [0.15, 0.2) is 5.58 Å². The van der Waals surface area contributed by atoms with Crippen molar-refractivity contribution in [2.45, 2.75) is 0 Å².